The monoisotopic (exact) mass is 325 g/mol. The zero-order valence-corrected chi connectivity index (χ0v) is 11.3. The Bertz CT molecular complexity index is 269. The molecule has 0 spiro atoms. The standard InChI is InChI=1S/C9H13Br2NO2/c1-6(13-2)4-12-5-7-3-8(10)9(11)14-7/h3,6,12H,4-5H2,1-2H3. The molecule has 0 fully saturated rings. The number of methoxy groups -OCH3 is 1. The quantitative estimate of drug-likeness (QED) is 0.903. The van der Waals surface area contributed by atoms with Gasteiger partial charge in [-0.15, -0.1) is 0 Å². The Labute approximate surface area is 100 Å². The van der Waals surface area contributed by atoms with E-state index in [2.05, 4.69) is 37.2 Å². The summed E-state index contributed by atoms with van der Waals surface area (Å²) in [6.07, 6.45) is 0.219. The van der Waals surface area contributed by atoms with Gasteiger partial charge in [-0.25, -0.2) is 0 Å². The van der Waals surface area contributed by atoms with Crippen LogP contribution in [-0.2, 0) is 11.3 Å². The summed E-state index contributed by atoms with van der Waals surface area (Å²) in [6.45, 7) is 3.53. The van der Waals surface area contributed by atoms with Crippen LogP contribution < -0.4 is 5.32 Å². The van der Waals surface area contributed by atoms with E-state index in [4.69, 9.17) is 9.15 Å². The largest absolute Gasteiger partial charge is 0.452 e. The van der Waals surface area contributed by atoms with E-state index in [9.17, 15) is 0 Å². The minimum atomic E-state index is 0.219. The van der Waals surface area contributed by atoms with Crippen molar-refractivity contribution in [3.8, 4) is 0 Å². The van der Waals surface area contributed by atoms with Gasteiger partial charge in [0.2, 0.25) is 0 Å². The van der Waals surface area contributed by atoms with Gasteiger partial charge in [-0.2, -0.15) is 0 Å². The van der Waals surface area contributed by atoms with Crippen LogP contribution in [0.2, 0.25) is 0 Å². The van der Waals surface area contributed by atoms with Gasteiger partial charge >= 0.3 is 0 Å². The van der Waals surface area contributed by atoms with Crippen molar-refractivity contribution in [1.29, 1.82) is 0 Å². The van der Waals surface area contributed by atoms with Crippen LogP contribution in [0.4, 0.5) is 0 Å². The van der Waals surface area contributed by atoms with Crippen LogP contribution in [0.5, 0.6) is 0 Å². The van der Waals surface area contributed by atoms with Gasteiger partial charge in [-0.1, -0.05) is 0 Å². The number of halogens is 2. The van der Waals surface area contributed by atoms with Gasteiger partial charge < -0.3 is 14.5 Å². The smallest absolute Gasteiger partial charge is 0.183 e. The van der Waals surface area contributed by atoms with E-state index in [0.717, 1.165) is 21.4 Å². The third-order valence-corrected chi connectivity index (χ3v) is 3.54. The van der Waals surface area contributed by atoms with Crippen LogP contribution in [0.15, 0.2) is 19.6 Å². The summed E-state index contributed by atoms with van der Waals surface area (Å²) in [5.74, 6) is 0.895. The second kappa shape index (κ2) is 5.90. The molecule has 0 bridgehead atoms. The summed E-state index contributed by atoms with van der Waals surface area (Å²) in [6, 6.07) is 1.94. The van der Waals surface area contributed by atoms with Crippen molar-refractivity contribution >= 4 is 31.9 Å². The molecule has 1 rings (SSSR count). The SMILES string of the molecule is COC(C)CNCc1cc(Br)c(Br)o1. The highest BCUT2D eigenvalue weighted by Crippen LogP contribution is 2.26. The molecule has 0 aliphatic carbocycles. The van der Waals surface area contributed by atoms with Crippen LogP contribution in [0.25, 0.3) is 0 Å². The molecular weight excluding hydrogens is 314 g/mol. The Kier molecular flexibility index (Phi) is 5.15. The Morgan fingerprint density at radius 1 is 1.57 bits per heavy atom. The Morgan fingerprint density at radius 3 is 2.79 bits per heavy atom. The Balaban J connectivity index is 2.31. The molecule has 0 saturated heterocycles. The van der Waals surface area contributed by atoms with Gasteiger partial charge in [-0.05, 0) is 44.8 Å². The fourth-order valence-corrected chi connectivity index (χ4v) is 1.62. The molecule has 3 nitrogen and oxygen atoms in total. The van der Waals surface area contributed by atoms with Crippen molar-refractivity contribution in [3.63, 3.8) is 0 Å². The van der Waals surface area contributed by atoms with Crippen LogP contribution >= 0.6 is 31.9 Å². The fraction of sp³-hybridized carbons (Fsp3) is 0.556. The molecule has 1 atom stereocenters. The molecule has 14 heavy (non-hydrogen) atoms. The van der Waals surface area contributed by atoms with Gasteiger partial charge in [-0.3, -0.25) is 0 Å². The number of hydrogen-bond acceptors (Lipinski definition) is 3. The first-order valence-corrected chi connectivity index (χ1v) is 5.89. The highest BCUT2D eigenvalue weighted by atomic mass is 79.9. The second-order valence-electron chi connectivity index (χ2n) is 3.01. The maximum atomic E-state index is 5.40. The van der Waals surface area contributed by atoms with Gasteiger partial charge in [0, 0.05) is 13.7 Å². The number of ether oxygens (including phenoxy) is 1. The Hall–Kier alpha value is 0.160. The van der Waals surface area contributed by atoms with Crippen molar-refractivity contribution in [1.82, 2.24) is 5.32 Å². The normalized spacial score (nSPS) is 13.1. The summed E-state index contributed by atoms with van der Waals surface area (Å²) < 4.78 is 12.2. The molecule has 5 heteroatoms. The van der Waals surface area contributed by atoms with Gasteiger partial charge in [0.05, 0.1) is 17.1 Å². The third-order valence-electron chi connectivity index (χ3n) is 1.83. The van der Waals surface area contributed by atoms with E-state index in [-0.39, 0.29) is 6.10 Å². The van der Waals surface area contributed by atoms with Crippen molar-refractivity contribution < 1.29 is 9.15 Å². The minimum Gasteiger partial charge on any atom is -0.452 e. The first kappa shape index (κ1) is 12.2. The molecule has 1 N–H and O–H groups in total. The van der Waals surface area contributed by atoms with Crippen LogP contribution in [-0.4, -0.2) is 19.8 Å². The zero-order valence-electron chi connectivity index (χ0n) is 8.14. The second-order valence-corrected chi connectivity index (χ2v) is 4.59. The van der Waals surface area contributed by atoms with E-state index in [1.165, 1.54) is 0 Å². The molecule has 0 aliphatic heterocycles. The lowest BCUT2D eigenvalue weighted by Crippen LogP contribution is -2.25. The summed E-state index contributed by atoms with van der Waals surface area (Å²) in [7, 11) is 1.70. The lowest BCUT2D eigenvalue weighted by atomic mass is 10.4. The van der Waals surface area contributed by atoms with Gasteiger partial charge in [0.15, 0.2) is 4.67 Å². The predicted octanol–water partition coefficient (Wildman–Crippen LogP) is 2.93. The highest BCUT2D eigenvalue weighted by Gasteiger charge is 2.06. The van der Waals surface area contributed by atoms with Crippen LogP contribution in [0, 0.1) is 0 Å². The van der Waals surface area contributed by atoms with E-state index in [0.29, 0.717) is 6.54 Å². The van der Waals surface area contributed by atoms with E-state index >= 15 is 0 Å². The van der Waals surface area contributed by atoms with Crippen molar-refractivity contribution in [2.24, 2.45) is 0 Å². The summed E-state index contributed by atoms with van der Waals surface area (Å²) >= 11 is 6.64. The number of nitrogens with one attached hydrogen (secondary N) is 1. The molecule has 1 unspecified atom stereocenters. The molecule has 0 saturated carbocycles. The summed E-state index contributed by atoms with van der Waals surface area (Å²) in [5, 5.41) is 3.23. The number of hydrogen-bond donors (Lipinski definition) is 1. The fourth-order valence-electron chi connectivity index (χ4n) is 0.960. The minimum absolute atomic E-state index is 0.219. The Morgan fingerprint density at radius 2 is 2.29 bits per heavy atom. The topological polar surface area (TPSA) is 34.4 Å². The van der Waals surface area contributed by atoms with E-state index < -0.39 is 0 Å². The zero-order chi connectivity index (χ0) is 10.6. The van der Waals surface area contributed by atoms with E-state index in [1.54, 1.807) is 7.11 Å². The molecule has 1 heterocycles. The maximum Gasteiger partial charge on any atom is 0.183 e. The van der Waals surface area contributed by atoms with Gasteiger partial charge in [0.25, 0.3) is 0 Å². The lowest BCUT2D eigenvalue weighted by Gasteiger charge is -2.09. The van der Waals surface area contributed by atoms with Crippen molar-refractivity contribution in [2.75, 3.05) is 13.7 Å². The van der Waals surface area contributed by atoms with Gasteiger partial charge in [0.1, 0.15) is 5.76 Å². The molecule has 1 aromatic heterocycles. The van der Waals surface area contributed by atoms with E-state index in [1.807, 2.05) is 13.0 Å². The highest BCUT2D eigenvalue weighted by molar-refractivity contribution is 9.13. The first-order valence-electron chi connectivity index (χ1n) is 4.30. The summed E-state index contributed by atoms with van der Waals surface area (Å²) in [4.78, 5) is 0. The predicted molar refractivity (Wildman–Crippen MR) is 62.3 cm³/mol. The molecule has 0 aromatic carbocycles. The van der Waals surface area contributed by atoms with Crippen molar-refractivity contribution in [3.05, 3.63) is 21.0 Å². The maximum absolute atomic E-state index is 5.40. The summed E-state index contributed by atoms with van der Waals surface area (Å²) in [5.41, 5.74) is 0. The number of rotatable bonds is 5. The molecule has 1 aromatic rings. The molecule has 0 aliphatic rings. The third kappa shape index (κ3) is 3.73. The van der Waals surface area contributed by atoms with Crippen molar-refractivity contribution in [2.45, 2.75) is 19.6 Å². The average Bonchev–Trinajstić information content (AvgIpc) is 2.46. The first-order chi connectivity index (χ1) is 6.63. The molecular formula is C9H13Br2NO2. The van der Waals surface area contributed by atoms with Crippen LogP contribution in [0.1, 0.15) is 12.7 Å². The average molecular weight is 327 g/mol. The van der Waals surface area contributed by atoms with Crippen LogP contribution in [0.3, 0.4) is 0 Å². The molecule has 80 valence electrons. The molecule has 0 amide bonds. The number of furan rings is 1. The lowest BCUT2D eigenvalue weighted by molar-refractivity contribution is 0.116. The molecule has 0 radical (unpaired) electrons.